The number of nitrogens with zero attached hydrogens (tertiary/aromatic N) is 9. The van der Waals surface area contributed by atoms with E-state index in [1.807, 2.05) is 39.8 Å². The first-order chi connectivity index (χ1) is 30.8. The minimum absolute atomic E-state index is 0.227. The van der Waals surface area contributed by atoms with Crippen molar-refractivity contribution >= 4 is 126 Å². The van der Waals surface area contributed by atoms with Crippen LogP contribution in [0, 0.1) is 0 Å². The average molecular weight is 1080 g/mol. The van der Waals surface area contributed by atoms with E-state index in [9.17, 15) is 9.90 Å². The molecule has 3 aromatic heterocycles. The van der Waals surface area contributed by atoms with Crippen LogP contribution in [0.3, 0.4) is 0 Å². The Morgan fingerprint density at radius 3 is 1.30 bits per heavy atom. The van der Waals surface area contributed by atoms with Gasteiger partial charge >= 0.3 is 0 Å². The largest absolute Gasteiger partial charge is 0.550 e. The maximum absolute atomic E-state index is 10.1. The number of aliphatic carboxylic acids is 1. The van der Waals surface area contributed by atoms with E-state index in [-0.39, 0.29) is 6.42 Å². The lowest BCUT2D eigenvalue weighted by molar-refractivity contribution is -0.305. The van der Waals surface area contributed by atoms with Crippen LogP contribution in [-0.2, 0) is 24.1 Å². The number of carboxylic acids is 1. The van der Waals surface area contributed by atoms with Gasteiger partial charge in [0.05, 0.1) is 16.6 Å². The van der Waals surface area contributed by atoms with E-state index in [1.165, 1.54) is 71.7 Å². The normalized spacial score (nSPS) is 16.7. The molecule has 328 valence electrons. The molecule has 3 aromatic carbocycles. The maximum atomic E-state index is 10.1. The first kappa shape index (κ1) is 47.3. The lowest BCUT2D eigenvalue weighted by Gasteiger charge is -2.06. The number of benzene rings is 3. The number of aromatic nitrogens is 6. The Morgan fingerprint density at radius 2 is 0.968 bits per heavy atom. The topological polar surface area (TPSA) is 155 Å². The predicted octanol–water partition coefficient (Wildman–Crippen LogP) is 11.0. The first-order valence-electron chi connectivity index (χ1n) is 21.5. The molecule has 0 radical (unpaired) electrons. The number of rotatable bonds is 11. The van der Waals surface area contributed by atoms with Crippen LogP contribution in [0.5, 0.6) is 0 Å². The summed E-state index contributed by atoms with van der Waals surface area (Å²) < 4.78 is 3.16. The second-order valence-corrected chi connectivity index (χ2v) is 20.7. The van der Waals surface area contributed by atoms with Crippen molar-refractivity contribution in [2.75, 3.05) is 25.4 Å². The van der Waals surface area contributed by atoms with E-state index in [4.69, 9.17) is 0 Å². The molecule has 1 fully saturated rings. The van der Waals surface area contributed by atoms with Crippen LogP contribution in [0.15, 0.2) is 102 Å². The Balaban J connectivity index is 0.000000127. The number of carboxylic acid groups (broad SMARTS) is 1. The van der Waals surface area contributed by atoms with Crippen LogP contribution in [-0.4, -0.2) is 83.6 Å². The Labute approximate surface area is 401 Å². The molecule has 6 aromatic rings. The molecular formula is C47H49Br3N9O2S2-. The zero-order chi connectivity index (χ0) is 43.8. The first-order valence-corrected chi connectivity index (χ1v) is 26.3. The third-order valence-corrected chi connectivity index (χ3v) is 16.6. The molecule has 4 aliphatic heterocycles. The van der Waals surface area contributed by atoms with Crippen LogP contribution in [0.4, 0.5) is 0 Å². The molecule has 1 saturated heterocycles. The number of halogens is 3. The summed E-state index contributed by atoms with van der Waals surface area (Å²) in [6.07, 6.45) is 24.6. The minimum atomic E-state index is -0.913. The number of fused-ring (bicyclic) bond motifs is 3. The molecule has 0 unspecified atom stereocenters. The summed E-state index contributed by atoms with van der Waals surface area (Å²) in [4.78, 5) is 49.6. The highest BCUT2D eigenvalue weighted by atomic mass is 79.9. The fourth-order valence-electron chi connectivity index (χ4n) is 7.64. The van der Waals surface area contributed by atoms with Gasteiger partial charge in [-0.15, -0.1) is 0 Å². The van der Waals surface area contributed by atoms with Crippen LogP contribution in [0.2, 0.25) is 0 Å². The summed E-state index contributed by atoms with van der Waals surface area (Å²) in [6, 6.07) is 12.4. The van der Waals surface area contributed by atoms with Gasteiger partial charge in [-0.1, -0.05) is 46.2 Å². The van der Waals surface area contributed by atoms with Gasteiger partial charge in [-0.2, -0.15) is 0 Å². The molecule has 16 heteroatoms. The van der Waals surface area contributed by atoms with E-state index < -0.39 is 5.97 Å². The Bertz CT molecular complexity index is 2350. The highest BCUT2D eigenvalue weighted by Gasteiger charge is 2.16. The molecule has 1 atom stereocenters. The molecule has 10 rings (SSSR count). The minimum Gasteiger partial charge on any atom is -0.550 e. The zero-order valence-electron chi connectivity index (χ0n) is 35.0. The number of hydrogen-bond donors (Lipinski definition) is 0. The van der Waals surface area contributed by atoms with Crippen molar-refractivity contribution in [1.82, 2.24) is 29.9 Å². The lowest BCUT2D eigenvalue weighted by atomic mass is 10.1. The van der Waals surface area contributed by atoms with E-state index >= 15 is 0 Å². The molecular weight excluding hydrogens is 1030 g/mol. The molecule has 0 spiro atoms. The van der Waals surface area contributed by atoms with Gasteiger partial charge in [0.2, 0.25) is 0 Å². The highest BCUT2D eigenvalue weighted by Crippen LogP contribution is 2.40. The van der Waals surface area contributed by atoms with Gasteiger partial charge in [-0.25, -0.2) is 0 Å². The van der Waals surface area contributed by atoms with Gasteiger partial charge < -0.3 is 9.90 Å². The summed E-state index contributed by atoms with van der Waals surface area (Å²) in [5.41, 5.74) is 13.2. The Kier molecular flexibility index (Phi) is 18.4. The highest BCUT2D eigenvalue weighted by molar-refractivity contribution is 9.11. The van der Waals surface area contributed by atoms with Crippen molar-refractivity contribution in [3.63, 3.8) is 0 Å². The molecule has 7 heterocycles. The third-order valence-electron chi connectivity index (χ3n) is 10.9. The van der Waals surface area contributed by atoms with Gasteiger partial charge in [-0.05, 0) is 147 Å². The molecule has 0 N–H and O–H groups in total. The molecule has 0 bridgehead atoms. The molecule has 0 saturated carbocycles. The standard InChI is InChI=1S/3C13H12BrN3.C8H14O2S2/c3*14-12-9(8-10-2-1-5-15-10)3-4-11-13(12)17-7-6-16-11;9-8(10)4-2-1-3-7-5-6-11-12-7/h3*3-4,6-7H,1-2,5,8H2;7H,1-6H2,(H,9,10)/p-1/t;;;7-/m...1/s1. The van der Waals surface area contributed by atoms with Crippen LogP contribution >= 0.6 is 69.4 Å². The van der Waals surface area contributed by atoms with Crippen molar-refractivity contribution in [1.29, 1.82) is 0 Å². The van der Waals surface area contributed by atoms with Crippen molar-refractivity contribution < 1.29 is 9.90 Å². The lowest BCUT2D eigenvalue weighted by Crippen LogP contribution is -2.21. The monoisotopic (exact) mass is 1070 g/mol. The van der Waals surface area contributed by atoms with Crippen LogP contribution in [0.25, 0.3) is 33.1 Å². The summed E-state index contributed by atoms with van der Waals surface area (Å²) in [7, 11) is 3.89. The molecule has 63 heavy (non-hydrogen) atoms. The number of unbranched alkanes of at least 4 members (excludes halogenated alkanes) is 1. The Morgan fingerprint density at radius 1 is 0.571 bits per heavy atom. The van der Waals surface area contributed by atoms with E-state index in [1.54, 1.807) is 37.2 Å². The fourth-order valence-corrected chi connectivity index (χ4v) is 12.4. The van der Waals surface area contributed by atoms with E-state index in [0.29, 0.717) is 0 Å². The van der Waals surface area contributed by atoms with Gasteiger partial charge in [-0.3, -0.25) is 44.9 Å². The summed E-state index contributed by atoms with van der Waals surface area (Å²) in [6.45, 7) is 2.96. The number of carbonyl (C=O) groups is 1. The van der Waals surface area contributed by atoms with Crippen LogP contribution < -0.4 is 5.11 Å². The van der Waals surface area contributed by atoms with E-state index in [0.717, 1.165) is 123 Å². The van der Waals surface area contributed by atoms with Crippen molar-refractivity contribution in [2.24, 2.45) is 15.0 Å². The van der Waals surface area contributed by atoms with Gasteiger partial charge in [0, 0.05) is 124 Å². The van der Waals surface area contributed by atoms with Crippen LogP contribution in [0.1, 0.15) is 87.3 Å². The number of carbonyl (C=O) groups excluding carboxylic acids is 1. The van der Waals surface area contributed by atoms with Gasteiger partial charge in [0.1, 0.15) is 16.6 Å². The van der Waals surface area contributed by atoms with E-state index in [2.05, 4.69) is 111 Å². The summed E-state index contributed by atoms with van der Waals surface area (Å²) >= 11 is 10.9. The molecule has 0 aliphatic carbocycles. The fraction of sp³-hybridized carbons (Fsp3) is 0.404. The summed E-state index contributed by atoms with van der Waals surface area (Å²) in [5.74, 6) is 0.346. The van der Waals surface area contributed by atoms with Gasteiger partial charge in [0.15, 0.2) is 0 Å². The summed E-state index contributed by atoms with van der Waals surface area (Å²) in [5, 5.41) is 10.8. The third kappa shape index (κ3) is 13.9. The molecule has 11 nitrogen and oxygen atoms in total. The molecule has 0 amide bonds. The Hall–Kier alpha value is -3.70. The van der Waals surface area contributed by atoms with Crippen molar-refractivity contribution in [2.45, 2.75) is 95.1 Å². The molecule has 4 aliphatic rings. The maximum Gasteiger partial charge on any atom is 0.103 e. The zero-order valence-corrected chi connectivity index (χ0v) is 41.4. The predicted molar refractivity (Wildman–Crippen MR) is 269 cm³/mol. The van der Waals surface area contributed by atoms with Crippen molar-refractivity contribution in [3.05, 3.63) is 104 Å². The quantitative estimate of drug-likeness (QED) is 0.0904. The SMILES string of the molecule is Brc1c(CC2=NCCC2)ccc2nccnc12.Brc1c(CC2=NCCC2)ccc2nccnc12.Brc1c(CC2=NCCC2)ccc2nccnc12.O=C([O-])CCCC[C@@H]1CCSS1. The van der Waals surface area contributed by atoms with Crippen molar-refractivity contribution in [3.8, 4) is 0 Å². The second-order valence-electron chi connectivity index (χ2n) is 15.5. The number of aliphatic imine (C=N–C) groups is 3. The number of hydrogen-bond acceptors (Lipinski definition) is 13. The smallest absolute Gasteiger partial charge is 0.103 e. The second kappa shape index (κ2) is 24.6. The van der Waals surface area contributed by atoms with Gasteiger partial charge in [0.25, 0.3) is 0 Å². The average Bonchev–Trinajstić information content (AvgIpc) is 4.18.